The third-order valence-electron chi connectivity index (χ3n) is 3.36. The van der Waals surface area contributed by atoms with Gasteiger partial charge in [-0.2, -0.15) is 0 Å². The van der Waals surface area contributed by atoms with Crippen LogP contribution >= 0.6 is 0 Å². The van der Waals surface area contributed by atoms with Crippen LogP contribution in [0.2, 0.25) is 0 Å². The quantitative estimate of drug-likeness (QED) is 0.226. The summed E-state index contributed by atoms with van der Waals surface area (Å²) in [6.07, 6.45) is 8.21. The first kappa shape index (κ1) is 19.6. The van der Waals surface area contributed by atoms with E-state index in [9.17, 15) is 9.59 Å². The number of azo groups is 1. The molecule has 0 aliphatic rings. The van der Waals surface area contributed by atoms with Crippen LogP contribution in [-0.4, -0.2) is 33.1 Å². The molecule has 140 valence electrons. The molecule has 0 fully saturated rings. The van der Waals surface area contributed by atoms with Gasteiger partial charge in [-0.1, -0.05) is 0 Å². The van der Waals surface area contributed by atoms with Gasteiger partial charge in [-0.25, -0.2) is 4.57 Å². The Labute approximate surface area is 154 Å². The van der Waals surface area contributed by atoms with E-state index in [0.717, 1.165) is 0 Å². The van der Waals surface area contributed by atoms with Gasteiger partial charge in [0.25, 0.3) is 0 Å². The van der Waals surface area contributed by atoms with Gasteiger partial charge in [0.2, 0.25) is 0 Å². The van der Waals surface area contributed by atoms with E-state index in [1.807, 2.05) is 0 Å². The largest absolute Gasteiger partial charge is 0.481 e. The van der Waals surface area contributed by atoms with Crippen molar-refractivity contribution < 1.29 is 24.4 Å². The molecule has 2 rings (SSSR count). The molecule has 10 nitrogen and oxygen atoms in total. The molecule has 10 heteroatoms. The van der Waals surface area contributed by atoms with Gasteiger partial charge in [-0.15, -0.1) is 20.4 Å². The van der Waals surface area contributed by atoms with E-state index in [1.54, 1.807) is 58.2 Å². The minimum absolute atomic E-state index is 0.0543. The smallest absolute Gasteiger partial charge is 0.309 e. The average molecular weight is 371 g/mol. The van der Waals surface area contributed by atoms with E-state index in [4.69, 9.17) is 10.2 Å². The minimum atomic E-state index is -0.847. The molecule has 0 amide bonds. The predicted molar refractivity (Wildman–Crippen MR) is 94.1 cm³/mol. The lowest BCUT2D eigenvalue weighted by molar-refractivity contribution is -0.695. The molecule has 0 unspecified atom stereocenters. The fourth-order valence-electron chi connectivity index (χ4n) is 1.99. The monoisotopic (exact) mass is 371 g/mol. The number of hydrogen-bond donors (Lipinski definition) is 2. The SMILES string of the molecule is O=C(O)CCn1ccc(=NN=CN=Nc2cc[n+](CCC(=O)O)cc2)cc1. The van der Waals surface area contributed by atoms with E-state index >= 15 is 0 Å². The van der Waals surface area contributed by atoms with Crippen LogP contribution in [0.25, 0.3) is 0 Å². The molecule has 0 radical (unpaired) electrons. The molecule has 0 saturated carbocycles. The number of aryl methyl sites for hydroxylation is 2. The molecule has 0 atom stereocenters. The topological polar surface area (TPSA) is 133 Å². The molecule has 2 N–H and O–H groups in total. The summed E-state index contributed by atoms with van der Waals surface area (Å²) in [6.45, 7) is 0.779. The number of hydrogen-bond acceptors (Lipinski definition) is 5. The third-order valence-corrected chi connectivity index (χ3v) is 3.36. The van der Waals surface area contributed by atoms with Gasteiger partial charge < -0.3 is 14.8 Å². The van der Waals surface area contributed by atoms with Crippen molar-refractivity contribution in [2.75, 3.05) is 0 Å². The first-order valence-electron chi connectivity index (χ1n) is 8.08. The predicted octanol–water partition coefficient (Wildman–Crippen LogP) is 1.35. The first-order chi connectivity index (χ1) is 13.0. The molecule has 0 saturated heterocycles. The highest BCUT2D eigenvalue weighted by molar-refractivity contribution is 5.66. The average Bonchev–Trinajstić information content (AvgIpc) is 2.66. The molecule has 0 bridgehead atoms. The molecule has 2 aromatic heterocycles. The van der Waals surface area contributed by atoms with Gasteiger partial charge in [-0.3, -0.25) is 9.59 Å². The second-order valence-corrected chi connectivity index (χ2v) is 5.42. The number of aliphatic carboxylic acids is 2. The lowest BCUT2D eigenvalue weighted by Crippen LogP contribution is -2.33. The summed E-state index contributed by atoms with van der Waals surface area (Å²) in [4.78, 5) is 21.0. The third kappa shape index (κ3) is 7.82. The molecule has 0 aromatic carbocycles. The van der Waals surface area contributed by atoms with Gasteiger partial charge in [-0.05, 0) is 12.1 Å². The number of carboxylic acid groups (broad SMARTS) is 2. The van der Waals surface area contributed by atoms with Crippen LogP contribution in [0.5, 0.6) is 0 Å². The van der Waals surface area contributed by atoms with Crippen LogP contribution in [0.4, 0.5) is 5.69 Å². The highest BCUT2D eigenvalue weighted by Crippen LogP contribution is 2.07. The van der Waals surface area contributed by atoms with Gasteiger partial charge >= 0.3 is 11.9 Å². The van der Waals surface area contributed by atoms with Crippen molar-refractivity contribution in [3.63, 3.8) is 0 Å². The maximum atomic E-state index is 10.5. The maximum absolute atomic E-state index is 10.5. The Kier molecular flexibility index (Phi) is 7.51. The van der Waals surface area contributed by atoms with Crippen LogP contribution in [-0.2, 0) is 22.7 Å². The van der Waals surface area contributed by atoms with E-state index in [1.165, 1.54) is 6.34 Å². The lowest BCUT2D eigenvalue weighted by atomic mass is 10.4. The van der Waals surface area contributed by atoms with Gasteiger partial charge in [0.1, 0.15) is 6.42 Å². The molecule has 2 aromatic rings. The number of aromatic nitrogens is 2. The fraction of sp³-hybridized carbons (Fsp3) is 0.235. The molecule has 2 heterocycles. The summed E-state index contributed by atoms with van der Waals surface area (Å²) in [5.74, 6) is -1.69. The van der Waals surface area contributed by atoms with E-state index in [0.29, 0.717) is 24.1 Å². The molecular weight excluding hydrogens is 352 g/mol. The number of pyridine rings is 2. The molecule has 27 heavy (non-hydrogen) atoms. The van der Waals surface area contributed by atoms with E-state index < -0.39 is 11.9 Å². The number of nitrogens with zero attached hydrogens (tertiary/aromatic N) is 6. The summed E-state index contributed by atoms with van der Waals surface area (Å²) < 4.78 is 3.49. The normalized spacial score (nSPS) is 11.1. The zero-order valence-electron chi connectivity index (χ0n) is 14.4. The highest BCUT2D eigenvalue weighted by atomic mass is 16.4. The Morgan fingerprint density at radius 1 is 1.04 bits per heavy atom. The summed E-state index contributed by atoms with van der Waals surface area (Å²) in [7, 11) is 0. The van der Waals surface area contributed by atoms with Gasteiger partial charge in [0.15, 0.2) is 25.3 Å². The summed E-state index contributed by atoms with van der Waals surface area (Å²) >= 11 is 0. The van der Waals surface area contributed by atoms with Crippen LogP contribution in [0.15, 0.2) is 69.5 Å². The van der Waals surface area contributed by atoms with E-state index in [2.05, 4.69) is 20.4 Å². The zero-order chi connectivity index (χ0) is 19.5. The van der Waals surface area contributed by atoms with Crippen molar-refractivity contribution in [3.8, 4) is 0 Å². The molecule has 0 aliphatic carbocycles. The minimum Gasteiger partial charge on any atom is -0.481 e. The summed E-state index contributed by atoms with van der Waals surface area (Å²) in [5.41, 5.74) is 0.604. The molecule has 0 spiro atoms. The summed E-state index contributed by atoms with van der Waals surface area (Å²) in [5, 5.41) is 33.4. The molecule has 0 aliphatic heterocycles. The standard InChI is InChI=1S/C17H18N6O4/c24-16(25)5-11-22-7-1-14(2-8-22)20-18-13-19-21-15-3-9-23(10-4-15)12-6-17(26)27/h1-4,7-10,13H,5-6,11-12H2,(H-,24,25,26,27)/p+1. The Hall–Kier alpha value is -3.69. The fourth-order valence-corrected chi connectivity index (χ4v) is 1.99. The van der Waals surface area contributed by atoms with Crippen molar-refractivity contribution in [3.05, 3.63) is 54.4 Å². The van der Waals surface area contributed by atoms with Crippen molar-refractivity contribution in [1.29, 1.82) is 0 Å². The Bertz CT molecular complexity index is 882. The molecular formula is C17H19N6O4+. The van der Waals surface area contributed by atoms with Crippen molar-refractivity contribution in [2.24, 2.45) is 20.4 Å². The summed E-state index contributed by atoms with van der Waals surface area (Å²) in [6, 6.07) is 6.85. The maximum Gasteiger partial charge on any atom is 0.309 e. The van der Waals surface area contributed by atoms with Crippen molar-refractivity contribution in [1.82, 2.24) is 4.57 Å². The van der Waals surface area contributed by atoms with E-state index in [-0.39, 0.29) is 12.8 Å². The van der Waals surface area contributed by atoms with Gasteiger partial charge in [0.05, 0.1) is 17.5 Å². The Morgan fingerprint density at radius 3 is 2.33 bits per heavy atom. The lowest BCUT2D eigenvalue weighted by Gasteiger charge is -2.02. The van der Waals surface area contributed by atoms with Crippen LogP contribution < -0.4 is 9.92 Å². The van der Waals surface area contributed by atoms with Crippen molar-refractivity contribution >= 4 is 24.0 Å². The van der Waals surface area contributed by atoms with Crippen molar-refractivity contribution in [2.45, 2.75) is 25.9 Å². The second kappa shape index (κ2) is 10.3. The first-order valence-corrected chi connectivity index (χ1v) is 8.08. The van der Waals surface area contributed by atoms with Crippen LogP contribution in [0.3, 0.4) is 0 Å². The van der Waals surface area contributed by atoms with Gasteiger partial charge in [0, 0.05) is 31.1 Å². The number of rotatable bonds is 9. The Morgan fingerprint density at radius 2 is 1.70 bits per heavy atom. The number of carboxylic acids is 2. The van der Waals surface area contributed by atoms with Crippen LogP contribution in [0, 0.1) is 0 Å². The van der Waals surface area contributed by atoms with Crippen LogP contribution in [0.1, 0.15) is 12.8 Å². The second-order valence-electron chi connectivity index (χ2n) is 5.42. The highest BCUT2D eigenvalue weighted by Gasteiger charge is 2.04. The zero-order valence-corrected chi connectivity index (χ0v) is 14.4. The Balaban J connectivity index is 1.86. The number of carbonyl (C=O) groups is 2.